The lowest BCUT2D eigenvalue weighted by Crippen LogP contribution is -2.41. The summed E-state index contributed by atoms with van der Waals surface area (Å²) in [6.45, 7) is 9.41. The normalized spacial score (nSPS) is 14.9. The number of amides is 1. The quantitative estimate of drug-likeness (QED) is 0.542. The summed E-state index contributed by atoms with van der Waals surface area (Å²) < 4.78 is 13.8. The molecule has 0 spiro atoms. The highest BCUT2D eigenvalue weighted by molar-refractivity contribution is 6.31. The number of halogens is 2. The Morgan fingerprint density at radius 2 is 2.00 bits per heavy atom. The number of H-pyrrole nitrogens is 1. The number of hydrogen-bond donors (Lipinski definition) is 2. The Hall–Kier alpha value is -3.00. The van der Waals surface area contributed by atoms with Gasteiger partial charge in [-0.3, -0.25) is 4.79 Å². The predicted molar refractivity (Wildman–Crippen MR) is 132 cm³/mol. The number of aryl methyl sites for hydroxylation is 1. The molecule has 0 saturated carbocycles. The first-order valence-corrected chi connectivity index (χ1v) is 11.9. The van der Waals surface area contributed by atoms with Crippen LogP contribution in [-0.2, 0) is 11.2 Å². The number of piperidine rings is 1. The van der Waals surface area contributed by atoms with E-state index in [4.69, 9.17) is 16.6 Å². The molecule has 1 aliphatic heterocycles. The van der Waals surface area contributed by atoms with Gasteiger partial charge in [0.25, 0.3) is 0 Å². The molecule has 3 heterocycles. The zero-order chi connectivity index (χ0) is 24.5. The number of aromatic amines is 1. The number of nitrogens with one attached hydrogen (secondary N) is 2. The highest BCUT2D eigenvalue weighted by Crippen LogP contribution is 2.35. The summed E-state index contributed by atoms with van der Waals surface area (Å²) in [5.41, 5.74) is 3.38. The van der Waals surface area contributed by atoms with Gasteiger partial charge in [-0.2, -0.15) is 0 Å². The van der Waals surface area contributed by atoms with Crippen molar-refractivity contribution >= 4 is 23.3 Å². The van der Waals surface area contributed by atoms with Crippen LogP contribution in [-0.4, -0.2) is 44.5 Å². The molecule has 180 valence electrons. The van der Waals surface area contributed by atoms with Gasteiger partial charge >= 0.3 is 0 Å². The minimum absolute atomic E-state index is 0.0461. The van der Waals surface area contributed by atoms with E-state index in [1.165, 1.54) is 6.07 Å². The fourth-order valence-electron chi connectivity index (χ4n) is 4.35. The van der Waals surface area contributed by atoms with Gasteiger partial charge in [-0.15, -0.1) is 0 Å². The van der Waals surface area contributed by atoms with E-state index < -0.39 is 5.82 Å². The third-order valence-electron chi connectivity index (χ3n) is 5.93. The average molecular weight is 485 g/mol. The number of rotatable bonds is 5. The van der Waals surface area contributed by atoms with Crippen molar-refractivity contribution in [2.45, 2.75) is 58.4 Å². The molecule has 0 aliphatic carbocycles. The second-order valence-corrected chi connectivity index (χ2v) is 10.2. The third-order valence-corrected chi connectivity index (χ3v) is 6.22. The van der Waals surface area contributed by atoms with E-state index >= 15 is 0 Å². The topological polar surface area (TPSA) is 86.8 Å². The molecule has 1 fully saturated rings. The average Bonchev–Trinajstić information content (AvgIpc) is 3.20. The fourth-order valence-corrected chi connectivity index (χ4v) is 4.53. The number of nitrogens with zero attached hydrogens (tertiary/aromatic N) is 4. The van der Waals surface area contributed by atoms with Crippen molar-refractivity contribution in [3.8, 4) is 11.1 Å². The molecular formula is C25H30ClFN6O. The van der Waals surface area contributed by atoms with Gasteiger partial charge in [0.05, 0.1) is 23.5 Å². The third kappa shape index (κ3) is 5.55. The van der Waals surface area contributed by atoms with Crippen molar-refractivity contribution in [2.75, 3.05) is 18.0 Å². The summed E-state index contributed by atoms with van der Waals surface area (Å²) in [6, 6.07) is 4.61. The van der Waals surface area contributed by atoms with E-state index in [-0.39, 0.29) is 22.9 Å². The highest BCUT2D eigenvalue weighted by Gasteiger charge is 2.27. The maximum atomic E-state index is 13.8. The zero-order valence-corrected chi connectivity index (χ0v) is 20.7. The van der Waals surface area contributed by atoms with Gasteiger partial charge in [0, 0.05) is 42.0 Å². The van der Waals surface area contributed by atoms with Crippen molar-refractivity contribution in [1.29, 1.82) is 0 Å². The van der Waals surface area contributed by atoms with Crippen molar-refractivity contribution in [2.24, 2.45) is 0 Å². The lowest BCUT2D eigenvalue weighted by molar-refractivity contribution is -0.121. The SMILES string of the molecule is Cc1[nH]cnc1C1CCN(c2nc(CC(=O)NC(C)(C)C)ncc2-c2ccc(F)c(Cl)c2)CC1. The van der Waals surface area contributed by atoms with Crippen LogP contribution >= 0.6 is 11.6 Å². The summed E-state index contributed by atoms with van der Waals surface area (Å²) in [4.78, 5) is 31.6. The van der Waals surface area contributed by atoms with Gasteiger partial charge in [0.2, 0.25) is 5.91 Å². The van der Waals surface area contributed by atoms with E-state index in [0.717, 1.165) is 54.3 Å². The molecule has 1 amide bonds. The first-order chi connectivity index (χ1) is 16.1. The van der Waals surface area contributed by atoms with Crippen LogP contribution in [0.15, 0.2) is 30.7 Å². The molecule has 2 aromatic heterocycles. The second-order valence-electron chi connectivity index (χ2n) is 9.80. The molecule has 7 nitrogen and oxygen atoms in total. The van der Waals surface area contributed by atoms with Gasteiger partial charge in [-0.1, -0.05) is 17.7 Å². The number of carbonyl (C=O) groups excluding carboxylic acids is 1. The molecule has 1 aliphatic rings. The number of hydrogen-bond acceptors (Lipinski definition) is 5. The standard InChI is InChI=1S/C25H30ClFN6O/c1-15-23(30-14-29-15)16-7-9-33(10-8-16)24-18(17-5-6-20(27)19(26)11-17)13-28-21(31-24)12-22(34)32-25(2,3)4/h5-6,11,13-14,16H,7-10,12H2,1-4H3,(H,29,30)(H,32,34). The molecule has 1 saturated heterocycles. The van der Waals surface area contributed by atoms with Crippen molar-refractivity contribution in [3.63, 3.8) is 0 Å². The lowest BCUT2D eigenvalue weighted by Gasteiger charge is -2.33. The van der Waals surface area contributed by atoms with Crippen LogP contribution in [0.25, 0.3) is 11.1 Å². The zero-order valence-electron chi connectivity index (χ0n) is 20.0. The molecule has 0 radical (unpaired) electrons. The molecule has 2 N–H and O–H groups in total. The Balaban J connectivity index is 1.62. The van der Waals surface area contributed by atoms with Crippen molar-refractivity contribution < 1.29 is 9.18 Å². The van der Waals surface area contributed by atoms with E-state index in [1.54, 1.807) is 24.7 Å². The van der Waals surface area contributed by atoms with Gasteiger partial charge in [-0.05, 0) is 58.2 Å². The van der Waals surface area contributed by atoms with E-state index in [1.807, 2.05) is 27.7 Å². The summed E-state index contributed by atoms with van der Waals surface area (Å²) in [5.74, 6) is 0.944. The Labute approximate surface area is 204 Å². The number of imidazole rings is 1. The smallest absolute Gasteiger partial charge is 0.228 e. The van der Waals surface area contributed by atoms with Crippen molar-refractivity contribution in [3.05, 3.63) is 58.8 Å². The minimum Gasteiger partial charge on any atom is -0.356 e. The van der Waals surface area contributed by atoms with E-state index in [2.05, 4.69) is 25.2 Å². The number of anilines is 1. The summed E-state index contributed by atoms with van der Waals surface area (Å²) >= 11 is 6.06. The molecule has 4 rings (SSSR count). The first kappa shape index (κ1) is 24.1. The highest BCUT2D eigenvalue weighted by atomic mass is 35.5. The lowest BCUT2D eigenvalue weighted by atomic mass is 9.92. The predicted octanol–water partition coefficient (Wildman–Crippen LogP) is 4.81. The fraction of sp³-hybridized carbons (Fsp3) is 0.440. The summed E-state index contributed by atoms with van der Waals surface area (Å²) in [7, 11) is 0. The van der Waals surface area contributed by atoms with Crippen LogP contribution < -0.4 is 10.2 Å². The van der Waals surface area contributed by atoms with Crippen LogP contribution in [0.2, 0.25) is 5.02 Å². The molecular weight excluding hydrogens is 455 g/mol. The van der Waals surface area contributed by atoms with Crippen LogP contribution in [0, 0.1) is 12.7 Å². The van der Waals surface area contributed by atoms with Crippen LogP contribution in [0.4, 0.5) is 10.2 Å². The Morgan fingerprint density at radius 1 is 1.26 bits per heavy atom. The largest absolute Gasteiger partial charge is 0.356 e. The van der Waals surface area contributed by atoms with Crippen LogP contribution in [0.1, 0.15) is 56.7 Å². The minimum atomic E-state index is -0.474. The monoisotopic (exact) mass is 484 g/mol. The number of aromatic nitrogens is 4. The first-order valence-electron chi connectivity index (χ1n) is 11.5. The molecule has 9 heteroatoms. The molecule has 3 aromatic rings. The summed E-state index contributed by atoms with van der Waals surface area (Å²) in [5, 5.41) is 3.00. The maximum absolute atomic E-state index is 13.8. The molecule has 0 atom stereocenters. The Bertz CT molecular complexity index is 1180. The molecule has 0 bridgehead atoms. The molecule has 1 aromatic carbocycles. The van der Waals surface area contributed by atoms with E-state index in [0.29, 0.717) is 11.7 Å². The van der Waals surface area contributed by atoms with Crippen LogP contribution in [0.5, 0.6) is 0 Å². The van der Waals surface area contributed by atoms with Gasteiger partial charge in [-0.25, -0.2) is 19.3 Å². The van der Waals surface area contributed by atoms with E-state index in [9.17, 15) is 9.18 Å². The summed E-state index contributed by atoms with van der Waals surface area (Å²) in [6.07, 6.45) is 5.39. The van der Waals surface area contributed by atoms with Gasteiger partial charge in [0.1, 0.15) is 17.5 Å². The van der Waals surface area contributed by atoms with Gasteiger partial charge in [0.15, 0.2) is 0 Å². The molecule has 34 heavy (non-hydrogen) atoms. The Kier molecular flexibility index (Phi) is 6.89. The van der Waals surface area contributed by atoms with Crippen molar-refractivity contribution in [1.82, 2.24) is 25.3 Å². The second kappa shape index (κ2) is 9.70. The number of carbonyl (C=O) groups is 1. The van der Waals surface area contributed by atoms with Gasteiger partial charge < -0.3 is 15.2 Å². The number of benzene rings is 1. The Morgan fingerprint density at radius 3 is 2.62 bits per heavy atom. The van der Waals surface area contributed by atoms with Crippen LogP contribution in [0.3, 0.4) is 0 Å². The maximum Gasteiger partial charge on any atom is 0.228 e. The molecule has 0 unspecified atom stereocenters.